The lowest BCUT2D eigenvalue weighted by Gasteiger charge is -2.13. The quantitative estimate of drug-likeness (QED) is 0.915. The number of rotatable bonds is 3. The molecule has 0 atom stereocenters. The molecule has 1 aromatic carbocycles. The molecule has 2 aromatic rings. The molecule has 2 heterocycles. The van der Waals surface area contributed by atoms with Crippen molar-refractivity contribution in [3.05, 3.63) is 30.0 Å². The topological polar surface area (TPSA) is 65.2 Å². The summed E-state index contributed by atoms with van der Waals surface area (Å²) in [6, 6.07) is 7.50. The van der Waals surface area contributed by atoms with Crippen LogP contribution < -0.4 is 5.32 Å². The molecule has 0 bridgehead atoms. The maximum Gasteiger partial charge on any atom is 0.270 e. The molecule has 1 aliphatic heterocycles. The highest BCUT2D eigenvalue weighted by atomic mass is 16.2. The molecule has 5 heteroatoms. The van der Waals surface area contributed by atoms with Gasteiger partial charge in [-0.15, -0.1) is 0 Å². The van der Waals surface area contributed by atoms with Crippen LogP contribution in [0.4, 0.5) is 5.69 Å². The molecule has 1 saturated heterocycles. The number of anilines is 1. The summed E-state index contributed by atoms with van der Waals surface area (Å²) in [7, 11) is 0. The summed E-state index contributed by atoms with van der Waals surface area (Å²) in [6.07, 6.45) is 2.16. The van der Waals surface area contributed by atoms with Gasteiger partial charge in [-0.3, -0.25) is 9.59 Å². The number of fused-ring (bicyclic) bond motifs is 1. The van der Waals surface area contributed by atoms with Gasteiger partial charge in [0.05, 0.1) is 0 Å². The minimum Gasteiger partial charge on any atom is -0.351 e. The van der Waals surface area contributed by atoms with E-state index >= 15 is 0 Å². The summed E-state index contributed by atoms with van der Waals surface area (Å²) in [6.45, 7) is 5.39. The predicted octanol–water partition coefficient (Wildman–Crippen LogP) is 3.00. The van der Waals surface area contributed by atoms with E-state index in [0.29, 0.717) is 5.69 Å². The van der Waals surface area contributed by atoms with Crippen molar-refractivity contribution >= 4 is 28.4 Å². The minimum atomic E-state index is -0.0609. The van der Waals surface area contributed by atoms with Crippen LogP contribution in [0.15, 0.2) is 24.3 Å². The zero-order valence-electron chi connectivity index (χ0n) is 13.0. The zero-order chi connectivity index (χ0) is 15.7. The van der Waals surface area contributed by atoms with Crippen LogP contribution in [0.25, 0.3) is 10.9 Å². The molecule has 0 spiro atoms. The molecule has 2 N–H and O–H groups in total. The number of carbonyl (C=O) groups excluding carboxylic acids is 2. The van der Waals surface area contributed by atoms with Crippen molar-refractivity contribution in [3.63, 3.8) is 0 Å². The van der Waals surface area contributed by atoms with Gasteiger partial charge >= 0.3 is 0 Å². The fraction of sp³-hybridized carbons (Fsp3) is 0.412. The second kappa shape index (κ2) is 5.83. The molecule has 1 fully saturated rings. The number of hydrogen-bond donors (Lipinski definition) is 2. The third-order valence-corrected chi connectivity index (χ3v) is 4.04. The van der Waals surface area contributed by atoms with Crippen LogP contribution >= 0.6 is 0 Å². The lowest BCUT2D eigenvalue weighted by Crippen LogP contribution is -2.27. The third kappa shape index (κ3) is 2.84. The van der Waals surface area contributed by atoms with E-state index in [1.165, 1.54) is 0 Å². The smallest absolute Gasteiger partial charge is 0.270 e. The minimum absolute atomic E-state index is 0.0109. The molecular weight excluding hydrogens is 278 g/mol. The number of nitrogens with zero attached hydrogens (tertiary/aromatic N) is 1. The van der Waals surface area contributed by atoms with E-state index < -0.39 is 0 Å². The van der Waals surface area contributed by atoms with E-state index in [1.54, 1.807) is 0 Å². The SMILES string of the molecule is CC(C)C(=O)Nc1ccc2[nH]c(C(=O)N3CCCC3)cc2c1. The summed E-state index contributed by atoms with van der Waals surface area (Å²) in [5.74, 6) is -0.0149. The fourth-order valence-corrected chi connectivity index (χ4v) is 2.70. The number of nitrogens with one attached hydrogen (secondary N) is 2. The van der Waals surface area contributed by atoms with Gasteiger partial charge in [-0.25, -0.2) is 0 Å². The Hall–Kier alpha value is -2.30. The van der Waals surface area contributed by atoms with Crippen LogP contribution in [0.1, 0.15) is 37.2 Å². The highest BCUT2D eigenvalue weighted by molar-refractivity contribution is 6.00. The first-order valence-corrected chi connectivity index (χ1v) is 7.77. The number of benzene rings is 1. The molecule has 0 aliphatic carbocycles. The van der Waals surface area contributed by atoms with Gasteiger partial charge in [0.15, 0.2) is 0 Å². The summed E-state index contributed by atoms with van der Waals surface area (Å²) >= 11 is 0. The molecule has 2 amide bonds. The molecule has 1 aromatic heterocycles. The van der Waals surface area contributed by atoms with Crippen molar-refractivity contribution < 1.29 is 9.59 Å². The third-order valence-electron chi connectivity index (χ3n) is 4.04. The van der Waals surface area contributed by atoms with Crippen LogP contribution in [0.3, 0.4) is 0 Å². The maximum absolute atomic E-state index is 12.4. The molecule has 0 unspecified atom stereocenters. The van der Waals surface area contributed by atoms with Gasteiger partial charge in [0.1, 0.15) is 5.69 Å². The van der Waals surface area contributed by atoms with E-state index in [0.717, 1.165) is 42.5 Å². The van der Waals surface area contributed by atoms with Crippen molar-refractivity contribution in [1.82, 2.24) is 9.88 Å². The van der Waals surface area contributed by atoms with Crippen LogP contribution in [-0.4, -0.2) is 34.8 Å². The first-order valence-electron chi connectivity index (χ1n) is 7.77. The first-order chi connectivity index (χ1) is 10.5. The van der Waals surface area contributed by atoms with Gasteiger partial charge in [0.2, 0.25) is 5.91 Å². The van der Waals surface area contributed by atoms with Gasteiger partial charge in [-0.05, 0) is 37.1 Å². The number of aromatic amines is 1. The Morgan fingerprint density at radius 1 is 1.18 bits per heavy atom. The van der Waals surface area contributed by atoms with E-state index in [2.05, 4.69) is 10.3 Å². The molecule has 0 saturated carbocycles. The Morgan fingerprint density at radius 3 is 2.59 bits per heavy atom. The highest BCUT2D eigenvalue weighted by Crippen LogP contribution is 2.22. The number of H-pyrrole nitrogens is 1. The average Bonchev–Trinajstić information content (AvgIpc) is 3.15. The van der Waals surface area contributed by atoms with Crippen LogP contribution in [-0.2, 0) is 4.79 Å². The Bertz CT molecular complexity index is 712. The summed E-state index contributed by atoms with van der Waals surface area (Å²) < 4.78 is 0. The molecule has 3 rings (SSSR count). The van der Waals surface area contributed by atoms with E-state index in [1.807, 2.05) is 43.0 Å². The van der Waals surface area contributed by atoms with E-state index in [-0.39, 0.29) is 17.7 Å². The van der Waals surface area contributed by atoms with Gasteiger partial charge in [-0.2, -0.15) is 0 Å². The number of likely N-dealkylation sites (tertiary alicyclic amines) is 1. The molecule has 5 nitrogen and oxygen atoms in total. The summed E-state index contributed by atoms with van der Waals surface area (Å²) in [5.41, 5.74) is 2.28. The normalized spacial score (nSPS) is 14.8. The molecular formula is C17H21N3O2. The van der Waals surface area contributed by atoms with Crippen molar-refractivity contribution in [3.8, 4) is 0 Å². The maximum atomic E-state index is 12.4. The number of carbonyl (C=O) groups is 2. The predicted molar refractivity (Wildman–Crippen MR) is 86.9 cm³/mol. The molecule has 1 aliphatic rings. The van der Waals surface area contributed by atoms with Gasteiger partial charge < -0.3 is 15.2 Å². The molecule has 116 valence electrons. The van der Waals surface area contributed by atoms with Crippen LogP contribution in [0, 0.1) is 5.92 Å². The number of aromatic nitrogens is 1. The van der Waals surface area contributed by atoms with Crippen molar-refractivity contribution in [2.75, 3.05) is 18.4 Å². The van der Waals surface area contributed by atoms with Crippen molar-refractivity contribution in [1.29, 1.82) is 0 Å². The number of amides is 2. The Kier molecular flexibility index (Phi) is 3.88. The van der Waals surface area contributed by atoms with E-state index in [9.17, 15) is 9.59 Å². The molecule has 0 radical (unpaired) electrons. The Labute approximate surface area is 129 Å². The second-order valence-electron chi connectivity index (χ2n) is 6.13. The van der Waals surface area contributed by atoms with Crippen LogP contribution in [0.5, 0.6) is 0 Å². The van der Waals surface area contributed by atoms with Crippen LogP contribution in [0.2, 0.25) is 0 Å². The lowest BCUT2D eigenvalue weighted by atomic mass is 10.2. The van der Waals surface area contributed by atoms with E-state index in [4.69, 9.17) is 0 Å². The Morgan fingerprint density at radius 2 is 1.91 bits per heavy atom. The van der Waals surface area contributed by atoms with Gasteiger partial charge in [0, 0.05) is 35.6 Å². The molecule has 22 heavy (non-hydrogen) atoms. The number of hydrogen-bond acceptors (Lipinski definition) is 2. The van der Waals surface area contributed by atoms with Crippen molar-refractivity contribution in [2.24, 2.45) is 5.92 Å². The lowest BCUT2D eigenvalue weighted by molar-refractivity contribution is -0.118. The Balaban J connectivity index is 1.83. The fourth-order valence-electron chi connectivity index (χ4n) is 2.70. The highest BCUT2D eigenvalue weighted by Gasteiger charge is 2.21. The second-order valence-corrected chi connectivity index (χ2v) is 6.13. The van der Waals surface area contributed by atoms with Gasteiger partial charge in [0.25, 0.3) is 5.91 Å². The van der Waals surface area contributed by atoms with Gasteiger partial charge in [-0.1, -0.05) is 13.8 Å². The average molecular weight is 299 g/mol. The van der Waals surface area contributed by atoms with Crippen molar-refractivity contribution in [2.45, 2.75) is 26.7 Å². The monoisotopic (exact) mass is 299 g/mol. The summed E-state index contributed by atoms with van der Waals surface area (Å²) in [4.78, 5) is 29.2. The largest absolute Gasteiger partial charge is 0.351 e. The zero-order valence-corrected chi connectivity index (χ0v) is 13.0. The summed E-state index contributed by atoms with van der Waals surface area (Å²) in [5, 5.41) is 3.81. The standard InChI is InChI=1S/C17H21N3O2/c1-11(2)16(21)18-13-5-6-14-12(9-13)10-15(19-14)17(22)20-7-3-4-8-20/h5-6,9-11,19H,3-4,7-8H2,1-2H3,(H,18,21). The first kappa shape index (κ1) is 14.6.